The number of benzene rings is 2. The van der Waals surface area contributed by atoms with Crippen LogP contribution in [-0.2, 0) is 15.6 Å². The Labute approximate surface area is 192 Å². The average molecular weight is 427 g/mol. The third-order valence-electron chi connectivity index (χ3n) is 7.02. The molecule has 0 bridgehead atoms. The Kier molecular flexibility index (Phi) is 5.62. The molecule has 3 nitrogen and oxygen atoms in total. The van der Waals surface area contributed by atoms with Gasteiger partial charge in [0.15, 0.2) is 5.78 Å². The number of nitrogens with zero attached hydrogens (tertiary/aromatic N) is 2. The maximum absolute atomic E-state index is 13.0. The number of anilines is 2. The van der Waals surface area contributed by atoms with Gasteiger partial charge in [-0.05, 0) is 49.3 Å². The van der Waals surface area contributed by atoms with Gasteiger partial charge < -0.3 is 9.80 Å². The minimum atomic E-state index is -0.192. The van der Waals surface area contributed by atoms with Gasteiger partial charge in [0.1, 0.15) is 0 Å². The smallest absolute Gasteiger partial charge is 0.180 e. The molecule has 3 heteroatoms. The third-order valence-corrected chi connectivity index (χ3v) is 7.02. The van der Waals surface area contributed by atoms with E-state index >= 15 is 0 Å². The predicted molar refractivity (Wildman–Crippen MR) is 135 cm³/mol. The van der Waals surface area contributed by atoms with Gasteiger partial charge in [0, 0.05) is 52.8 Å². The van der Waals surface area contributed by atoms with Crippen LogP contribution in [0.2, 0.25) is 0 Å². The van der Waals surface area contributed by atoms with Crippen LogP contribution in [0, 0.1) is 0 Å². The average Bonchev–Trinajstić information content (AvgIpc) is 3.13. The summed E-state index contributed by atoms with van der Waals surface area (Å²) in [6.07, 6.45) is 7.52. The number of para-hydroxylation sites is 2. The zero-order valence-electron chi connectivity index (χ0n) is 20.1. The van der Waals surface area contributed by atoms with Crippen LogP contribution in [0.5, 0.6) is 0 Å². The van der Waals surface area contributed by atoms with Gasteiger partial charge >= 0.3 is 0 Å². The summed E-state index contributed by atoms with van der Waals surface area (Å²) < 4.78 is 0. The molecule has 0 unspecified atom stereocenters. The van der Waals surface area contributed by atoms with Crippen molar-refractivity contribution in [1.29, 1.82) is 0 Å². The molecule has 0 spiro atoms. The molecule has 0 aromatic heterocycles. The van der Waals surface area contributed by atoms with E-state index in [0.29, 0.717) is 0 Å². The molecule has 4 rings (SSSR count). The summed E-state index contributed by atoms with van der Waals surface area (Å²) in [6.45, 7) is 14.9. The summed E-state index contributed by atoms with van der Waals surface area (Å²) >= 11 is 0. The first-order chi connectivity index (χ1) is 15.2. The zero-order valence-corrected chi connectivity index (χ0v) is 20.1. The van der Waals surface area contributed by atoms with E-state index in [4.69, 9.17) is 0 Å². The maximum Gasteiger partial charge on any atom is 0.180 e. The highest BCUT2D eigenvalue weighted by molar-refractivity contribution is 6.01. The van der Waals surface area contributed by atoms with Crippen LogP contribution < -0.4 is 9.80 Å². The van der Waals surface area contributed by atoms with Crippen molar-refractivity contribution in [3.63, 3.8) is 0 Å². The van der Waals surface area contributed by atoms with E-state index in [-0.39, 0.29) is 16.6 Å². The Balaban J connectivity index is 1.62. The minimum Gasteiger partial charge on any atom is -0.344 e. The van der Waals surface area contributed by atoms with Crippen LogP contribution in [-0.4, -0.2) is 18.9 Å². The topological polar surface area (TPSA) is 23.6 Å². The fraction of sp³-hybridized carbons (Fsp3) is 0.345. The van der Waals surface area contributed by atoms with Crippen LogP contribution in [0.4, 0.5) is 11.4 Å². The first-order valence-corrected chi connectivity index (χ1v) is 11.6. The molecule has 2 aliphatic rings. The standard InChI is InChI=1S/C29H34N2O/c1-7-30-24-17-11-9-15-22(24)28(3,4)26(30)19-13-14-21(32)20-27-29(5,6)23-16-10-12-18-25(23)31(27)8-2/h9-20H,7-8H2,1-6H3/b14-13+,26-19-,27-20+. The van der Waals surface area contributed by atoms with Crippen LogP contribution in [0.1, 0.15) is 52.7 Å². The number of ketones is 1. The molecular weight excluding hydrogens is 392 g/mol. The largest absolute Gasteiger partial charge is 0.344 e. The monoisotopic (exact) mass is 426 g/mol. The SMILES string of the molecule is CCN1/C(=C\C=C\C(=O)/C=C2/N(CC)c3ccccc3C2(C)C)C(C)(C)c2ccccc21. The van der Waals surface area contributed by atoms with Crippen molar-refractivity contribution in [3.05, 3.63) is 95.4 Å². The lowest BCUT2D eigenvalue weighted by Gasteiger charge is -2.26. The van der Waals surface area contributed by atoms with Gasteiger partial charge in [-0.2, -0.15) is 0 Å². The maximum atomic E-state index is 13.0. The quantitative estimate of drug-likeness (QED) is 0.509. The van der Waals surface area contributed by atoms with E-state index in [2.05, 4.69) is 106 Å². The molecule has 0 aliphatic carbocycles. The Morgan fingerprint density at radius 1 is 0.781 bits per heavy atom. The van der Waals surface area contributed by atoms with Gasteiger partial charge in [-0.15, -0.1) is 0 Å². The molecule has 32 heavy (non-hydrogen) atoms. The van der Waals surface area contributed by atoms with Gasteiger partial charge in [-0.25, -0.2) is 0 Å². The molecule has 2 aromatic carbocycles. The highest BCUT2D eigenvalue weighted by Crippen LogP contribution is 2.48. The fourth-order valence-corrected chi connectivity index (χ4v) is 5.34. The van der Waals surface area contributed by atoms with Gasteiger partial charge in [0.2, 0.25) is 0 Å². The summed E-state index contributed by atoms with van der Waals surface area (Å²) in [5.41, 5.74) is 7.07. The predicted octanol–water partition coefficient (Wildman–Crippen LogP) is 6.51. The Morgan fingerprint density at radius 2 is 1.25 bits per heavy atom. The van der Waals surface area contributed by atoms with Crippen molar-refractivity contribution >= 4 is 17.2 Å². The molecule has 0 N–H and O–H groups in total. The third kappa shape index (κ3) is 3.40. The number of allylic oxidation sites excluding steroid dienone is 6. The van der Waals surface area contributed by atoms with Gasteiger partial charge in [0.25, 0.3) is 0 Å². The lowest BCUT2D eigenvalue weighted by atomic mass is 9.83. The second-order valence-corrected chi connectivity index (χ2v) is 9.62. The van der Waals surface area contributed by atoms with Crippen molar-refractivity contribution in [3.8, 4) is 0 Å². The van der Waals surface area contributed by atoms with E-state index in [1.807, 2.05) is 12.2 Å². The Morgan fingerprint density at radius 3 is 1.78 bits per heavy atom. The van der Waals surface area contributed by atoms with Gasteiger partial charge in [-0.3, -0.25) is 4.79 Å². The molecule has 0 atom stereocenters. The second-order valence-electron chi connectivity index (χ2n) is 9.62. The number of fused-ring (bicyclic) bond motifs is 2. The lowest BCUT2D eigenvalue weighted by molar-refractivity contribution is -0.110. The molecule has 2 aliphatic heterocycles. The molecule has 2 aromatic rings. The summed E-state index contributed by atoms with van der Waals surface area (Å²) in [5, 5.41) is 0. The van der Waals surface area contributed by atoms with Crippen molar-refractivity contribution in [2.45, 2.75) is 52.4 Å². The molecule has 0 saturated heterocycles. The Hall–Kier alpha value is -3.07. The van der Waals surface area contributed by atoms with Crippen LogP contribution in [0.15, 0.2) is 84.2 Å². The van der Waals surface area contributed by atoms with Gasteiger partial charge in [-0.1, -0.05) is 70.2 Å². The molecule has 166 valence electrons. The number of hydrogen-bond acceptors (Lipinski definition) is 3. The second kappa shape index (κ2) is 8.12. The highest BCUT2D eigenvalue weighted by atomic mass is 16.1. The lowest BCUT2D eigenvalue weighted by Crippen LogP contribution is -2.26. The van der Waals surface area contributed by atoms with Crippen molar-refractivity contribution in [1.82, 2.24) is 0 Å². The fourth-order valence-electron chi connectivity index (χ4n) is 5.34. The number of carbonyl (C=O) groups excluding carboxylic acids is 1. The van der Waals surface area contributed by atoms with Crippen molar-refractivity contribution < 1.29 is 4.79 Å². The van der Waals surface area contributed by atoms with Crippen molar-refractivity contribution in [2.24, 2.45) is 0 Å². The van der Waals surface area contributed by atoms with E-state index in [1.165, 1.54) is 28.2 Å². The van der Waals surface area contributed by atoms with Crippen LogP contribution >= 0.6 is 0 Å². The van der Waals surface area contributed by atoms with E-state index < -0.39 is 0 Å². The van der Waals surface area contributed by atoms with E-state index in [9.17, 15) is 4.79 Å². The molecule has 0 saturated carbocycles. The van der Waals surface area contributed by atoms with E-state index in [1.54, 1.807) is 6.08 Å². The van der Waals surface area contributed by atoms with Crippen LogP contribution in [0.25, 0.3) is 0 Å². The zero-order chi connectivity index (χ0) is 23.1. The number of likely N-dealkylation sites (N-methyl/N-ethyl adjacent to an activating group) is 2. The summed E-state index contributed by atoms with van der Waals surface area (Å²) in [7, 11) is 0. The number of hydrogen-bond donors (Lipinski definition) is 0. The molecule has 0 fully saturated rings. The molecule has 0 amide bonds. The normalized spacial score (nSPS) is 20.9. The molecular formula is C29H34N2O. The van der Waals surface area contributed by atoms with Gasteiger partial charge in [0.05, 0.1) is 0 Å². The first-order valence-electron chi connectivity index (χ1n) is 11.6. The Bertz CT molecular complexity index is 1130. The minimum absolute atomic E-state index is 0.0209. The number of carbonyl (C=O) groups is 1. The van der Waals surface area contributed by atoms with E-state index in [0.717, 1.165) is 18.8 Å². The summed E-state index contributed by atoms with van der Waals surface area (Å²) in [5.74, 6) is 0.0209. The van der Waals surface area contributed by atoms with Crippen molar-refractivity contribution in [2.75, 3.05) is 22.9 Å². The molecule has 0 radical (unpaired) electrons. The summed E-state index contributed by atoms with van der Waals surface area (Å²) in [4.78, 5) is 17.6. The highest BCUT2D eigenvalue weighted by Gasteiger charge is 2.40. The first kappa shape index (κ1) is 22.1. The number of rotatable bonds is 5. The molecule has 2 heterocycles. The van der Waals surface area contributed by atoms with Crippen LogP contribution in [0.3, 0.4) is 0 Å². The summed E-state index contributed by atoms with van der Waals surface area (Å²) in [6, 6.07) is 17.0.